The van der Waals surface area contributed by atoms with Crippen molar-refractivity contribution in [3.8, 4) is 0 Å². The normalized spacial score (nSPS) is 8.20. The fraction of sp³-hybridized carbons (Fsp3) is 0.250. The first kappa shape index (κ1) is 9.68. The summed E-state index contributed by atoms with van der Waals surface area (Å²) < 4.78 is 0. The van der Waals surface area contributed by atoms with Gasteiger partial charge in [0.15, 0.2) is 0 Å². The summed E-state index contributed by atoms with van der Waals surface area (Å²) in [6.07, 6.45) is 0. The van der Waals surface area contributed by atoms with E-state index in [-0.39, 0.29) is 20.4 Å². The van der Waals surface area contributed by atoms with E-state index in [9.17, 15) is 0 Å². The number of benzene rings is 1. The summed E-state index contributed by atoms with van der Waals surface area (Å²) in [7, 11) is 1.80. The smallest absolute Gasteiger partial charge is 0 e. The molecule has 10 heavy (non-hydrogen) atoms. The van der Waals surface area contributed by atoms with Gasteiger partial charge in [0.05, 0.1) is 0 Å². The average Bonchev–Trinajstić information content (AvgIpc) is 1.88. The molecule has 0 aliphatic heterocycles. The van der Waals surface area contributed by atoms with Crippen LogP contribution in [0.25, 0.3) is 5.32 Å². The molecule has 0 saturated heterocycles. The summed E-state index contributed by atoms with van der Waals surface area (Å²) in [5, 5.41) is 4.03. The van der Waals surface area contributed by atoms with Gasteiger partial charge in [-0.3, -0.25) is 0 Å². The fourth-order valence-corrected chi connectivity index (χ4v) is 0.767. The van der Waals surface area contributed by atoms with Crippen molar-refractivity contribution < 1.29 is 20.4 Å². The van der Waals surface area contributed by atoms with Crippen LogP contribution in [0.2, 0.25) is 0 Å². The maximum Gasteiger partial charge on any atom is 0 e. The van der Waals surface area contributed by atoms with Crippen LogP contribution < -0.4 is 0 Å². The predicted molar refractivity (Wildman–Crippen MR) is 40.1 cm³/mol. The number of hydrogen-bond donors (Lipinski definition) is 0. The van der Waals surface area contributed by atoms with Crippen molar-refractivity contribution in [2.24, 2.45) is 0 Å². The monoisotopic (exact) mass is 307 g/mol. The molecular formula is C8H10NRe-. The minimum Gasteiger partial charge on any atom is -0.687 e. The molecule has 0 N–H and O–H groups in total. The Morgan fingerprint density at radius 3 is 2.40 bits per heavy atom. The van der Waals surface area contributed by atoms with Crippen molar-refractivity contribution >= 4 is 5.69 Å². The fourth-order valence-electron chi connectivity index (χ4n) is 0.767. The van der Waals surface area contributed by atoms with Gasteiger partial charge in [-0.2, -0.15) is 0 Å². The molecule has 2 heteroatoms. The van der Waals surface area contributed by atoms with Gasteiger partial charge in [0.1, 0.15) is 0 Å². The molecule has 1 aromatic rings. The van der Waals surface area contributed by atoms with E-state index in [0.717, 1.165) is 5.69 Å². The molecule has 0 amide bonds. The molecule has 0 fully saturated rings. The number of aryl methyl sites for hydroxylation is 1. The molecule has 1 nitrogen and oxygen atoms in total. The maximum atomic E-state index is 4.03. The molecule has 1 aromatic carbocycles. The van der Waals surface area contributed by atoms with E-state index in [1.807, 2.05) is 12.1 Å². The van der Waals surface area contributed by atoms with Gasteiger partial charge in [-0.25, -0.2) is 0 Å². The van der Waals surface area contributed by atoms with E-state index < -0.39 is 0 Å². The van der Waals surface area contributed by atoms with E-state index in [0.29, 0.717) is 0 Å². The largest absolute Gasteiger partial charge is 0.687 e. The van der Waals surface area contributed by atoms with Gasteiger partial charge in [0.25, 0.3) is 0 Å². The third-order valence-electron chi connectivity index (χ3n) is 1.26. The zero-order valence-corrected chi connectivity index (χ0v) is 8.85. The second-order valence-electron chi connectivity index (χ2n) is 2.06. The number of nitrogens with zero attached hydrogens (tertiary/aromatic N) is 1. The summed E-state index contributed by atoms with van der Waals surface area (Å²) in [6.45, 7) is 2.06. The third-order valence-corrected chi connectivity index (χ3v) is 1.26. The standard InChI is InChI=1S/C8H10N.Re/c1-7-4-3-5-8(6-7)9-2;/h3-6H,1-2H3;/q-1;. The Bertz CT molecular complexity index is 198. The third kappa shape index (κ3) is 2.51. The molecule has 1 radical (unpaired) electrons. The van der Waals surface area contributed by atoms with Crippen molar-refractivity contribution in [1.29, 1.82) is 0 Å². The Morgan fingerprint density at radius 1 is 1.30 bits per heavy atom. The zero-order chi connectivity index (χ0) is 6.69. The Morgan fingerprint density at radius 2 is 2.00 bits per heavy atom. The average molecular weight is 306 g/mol. The van der Waals surface area contributed by atoms with Crippen molar-refractivity contribution in [3.63, 3.8) is 0 Å². The molecule has 0 bridgehead atoms. The first-order chi connectivity index (χ1) is 4.33. The van der Waals surface area contributed by atoms with Crippen LogP contribution in [0.4, 0.5) is 5.69 Å². The van der Waals surface area contributed by atoms with Crippen LogP contribution in [-0.2, 0) is 20.4 Å². The van der Waals surface area contributed by atoms with Gasteiger partial charge in [-0.1, -0.05) is 29.8 Å². The van der Waals surface area contributed by atoms with Crippen LogP contribution in [0.5, 0.6) is 0 Å². The van der Waals surface area contributed by atoms with Gasteiger partial charge in [0, 0.05) is 20.4 Å². The molecule has 0 atom stereocenters. The Kier molecular flexibility index (Phi) is 4.35. The second-order valence-corrected chi connectivity index (χ2v) is 2.06. The van der Waals surface area contributed by atoms with E-state index >= 15 is 0 Å². The quantitative estimate of drug-likeness (QED) is 0.757. The summed E-state index contributed by atoms with van der Waals surface area (Å²) in [4.78, 5) is 0. The topological polar surface area (TPSA) is 14.1 Å². The summed E-state index contributed by atoms with van der Waals surface area (Å²) in [6, 6.07) is 8.12. The first-order valence-electron chi connectivity index (χ1n) is 2.99. The molecule has 55 valence electrons. The molecule has 0 unspecified atom stereocenters. The molecular weight excluding hydrogens is 296 g/mol. The Labute approximate surface area is 75.5 Å². The minimum atomic E-state index is 0. The van der Waals surface area contributed by atoms with Crippen LogP contribution in [0, 0.1) is 6.92 Å². The second kappa shape index (κ2) is 4.49. The Hall–Kier alpha value is -0.318. The van der Waals surface area contributed by atoms with Crippen molar-refractivity contribution in [2.45, 2.75) is 6.92 Å². The molecule has 0 aliphatic rings. The maximum absolute atomic E-state index is 4.03. The number of rotatable bonds is 1. The van der Waals surface area contributed by atoms with Gasteiger partial charge >= 0.3 is 0 Å². The van der Waals surface area contributed by atoms with Crippen LogP contribution in [0.1, 0.15) is 5.56 Å². The van der Waals surface area contributed by atoms with Gasteiger partial charge in [-0.05, 0) is 6.92 Å². The summed E-state index contributed by atoms with van der Waals surface area (Å²) in [5.41, 5.74) is 2.31. The SMILES string of the molecule is C[N-]c1cccc(C)c1.[Re]. The molecule has 0 aliphatic carbocycles. The van der Waals surface area contributed by atoms with E-state index in [1.165, 1.54) is 5.56 Å². The van der Waals surface area contributed by atoms with Crippen LogP contribution in [-0.4, -0.2) is 7.05 Å². The van der Waals surface area contributed by atoms with Gasteiger partial charge in [-0.15, -0.1) is 12.7 Å². The number of hydrogen-bond acceptors (Lipinski definition) is 0. The molecule has 0 aromatic heterocycles. The Balaban J connectivity index is 0.000000810. The molecule has 0 heterocycles. The molecule has 0 spiro atoms. The summed E-state index contributed by atoms with van der Waals surface area (Å²) >= 11 is 0. The molecule has 1 rings (SSSR count). The predicted octanol–water partition coefficient (Wildman–Crippen LogP) is 2.63. The van der Waals surface area contributed by atoms with Crippen molar-refractivity contribution in [1.82, 2.24) is 0 Å². The van der Waals surface area contributed by atoms with E-state index in [2.05, 4.69) is 24.4 Å². The van der Waals surface area contributed by atoms with Crippen LogP contribution in [0.15, 0.2) is 24.3 Å². The van der Waals surface area contributed by atoms with Gasteiger partial charge < -0.3 is 5.32 Å². The zero-order valence-electron chi connectivity index (χ0n) is 6.13. The van der Waals surface area contributed by atoms with Crippen LogP contribution >= 0.6 is 0 Å². The van der Waals surface area contributed by atoms with Crippen LogP contribution in [0.3, 0.4) is 0 Å². The summed E-state index contributed by atoms with van der Waals surface area (Å²) in [5.74, 6) is 0. The van der Waals surface area contributed by atoms with E-state index in [1.54, 1.807) is 7.05 Å². The minimum absolute atomic E-state index is 0. The molecule has 0 saturated carbocycles. The first-order valence-corrected chi connectivity index (χ1v) is 2.99. The van der Waals surface area contributed by atoms with Crippen molar-refractivity contribution in [2.75, 3.05) is 7.05 Å². The van der Waals surface area contributed by atoms with E-state index in [4.69, 9.17) is 0 Å². The van der Waals surface area contributed by atoms with Crippen molar-refractivity contribution in [3.05, 3.63) is 35.1 Å². The van der Waals surface area contributed by atoms with Gasteiger partial charge in [0.2, 0.25) is 0 Å².